The molecule has 0 amide bonds. The summed E-state index contributed by atoms with van der Waals surface area (Å²) in [7, 11) is 0. The lowest BCUT2D eigenvalue weighted by molar-refractivity contribution is 0.107. The van der Waals surface area contributed by atoms with Crippen molar-refractivity contribution >= 4 is 0 Å². The summed E-state index contributed by atoms with van der Waals surface area (Å²) in [5.41, 5.74) is 11.5. The quantitative estimate of drug-likeness (QED) is 0.0369. The molecule has 0 fully saturated rings. The van der Waals surface area contributed by atoms with Crippen molar-refractivity contribution in [1.82, 2.24) is 9.80 Å². The SMILES string of the molecule is CCCCCC=CC/C=C/CCCCCCCCN(CCCCN(CCCCCCCC/C=C/C/C=C\CCCCC)CC(O)CN)CC(O)CN. The monoisotopic (exact) mass is 731 g/mol. The summed E-state index contributed by atoms with van der Waals surface area (Å²) >= 11 is 0. The van der Waals surface area contributed by atoms with Crippen LogP contribution in [0.1, 0.15) is 181 Å². The van der Waals surface area contributed by atoms with Gasteiger partial charge in [0.25, 0.3) is 0 Å². The molecule has 0 aliphatic rings. The highest BCUT2D eigenvalue weighted by atomic mass is 16.3. The van der Waals surface area contributed by atoms with Crippen LogP contribution in [0.5, 0.6) is 0 Å². The van der Waals surface area contributed by atoms with E-state index in [2.05, 4.69) is 72.3 Å². The fraction of sp³-hybridized carbons (Fsp3) is 0.826. The summed E-state index contributed by atoms with van der Waals surface area (Å²) < 4.78 is 0. The summed E-state index contributed by atoms with van der Waals surface area (Å²) in [6, 6.07) is 0. The summed E-state index contributed by atoms with van der Waals surface area (Å²) in [6.07, 6.45) is 50.2. The van der Waals surface area contributed by atoms with Crippen molar-refractivity contribution in [2.45, 2.75) is 193 Å². The Balaban J connectivity index is 4.13. The van der Waals surface area contributed by atoms with Gasteiger partial charge in [-0.05, 0) is 116 Å². The average Bonchev–Trinajstić information content (AvgIpc) is 3.15. The molecular weight excluding hydrogens is 641 g/mol. The van der Waals surface area contributed by atoms with Crippen molar-refractivity contribution in [2.24, 2.45) is 11.5 Å². The molecule has 0 aliphatic heterocycles. The predicted octanol–water partition coefficient (Wildman–Crippen LogP) is 10.6. The van der Waals surface area contributed by atoms with E-state index in [-0.39, 0.29) is 0 Å². The maximum absolute atomic E-state index is 10.3. The fourth-order valence-electron chi connectivity index (χ4n) is 6.65. The Morgan fingerprint density at radius 1 is 0.385 bits per heavy atom. The second kappa shape index (κ2) is 42.5. The zero-order chi connectivity index (χ0) is 38.0. The first-order valence-electron chi connectivity index (χ1n) is 22.4. The maximum atomic E-state index is 10.3. The van der Waals surface area contributed by atoms with Crippen LogP contribution in [0.15, 0.2) is 48.6 Å². The Hall–Kier alpha value is -1.28. The fourth-order valence-corrected chi connectivity index (χ4v) is 6.65. The van der Waals surface area contributed by atoms with Crippen molar-refractivity contribution in [3.8, 4) is 0 Å². The van der Waals surface area contributed by atoms with E-state index in [9.17, 15) is 10.2 Å². The minimum atomic E-state index is -0.454. The van der Waals surface area contributed by atoms with Crippen molar-refractivity contribution in [3.63, 3.8) is 0 Å². The van der Waals surface area contributed by atoms with Crippen LogP contribution in [0, 0.1) is 0 Å². The van der Waals surface area contributed by atoms with Crippen LogP contribution in [0.25, 0.3) is 0 Å². The molecule has 0 bridgehead atoms. The van der Waals surface area contributed by atoms with Crippen molar-refractivity contribution in [3.05, 3.63) is 48.6 Å². The van der Waals surface area contributed by atoms with Crippen LogP contribution in [0.2, 0.25) is 0 Å². The number of nitrogens with zero attached hydrogens (tertiary/aromatic N) is 2. The van der Waals surface area contributed by atoms with Gasteiger partial charge < -0.3 is 31.5 Å². The van der Waals surface area contributed by atoms with E-state index in [1.54, 1.807) is 0 Å². The Morgan fingerprint density at radius 2 is 0.654 bits per heavy atom. The van der Waals surface area contributed by atoms with Gasteiger partial charge in [-0.15, -0.1) is 0 Å². The Morgan fingerprint density at radius 3 is 0.962 bits per heavy atom. The van der Waals surface area contributed by atoms with Gasteiger partial charge in [-0.2, -0.15) is 0 Å². The predicted molar refractivity (Wildman–Crippen MR) is 231 cm³/mol. The third-order valence-electron chi connectivity index (χ3n) is 10.0. The van der Waals surface area contributed by atoms with Gasteiger partial charge in [-0.25, -0.2) is 0 Å². The number of hydrogen-bond donors (Lipinski definition) is 4. The molecule has 0 heterocycles. The lowest BCUT2D eigenvalue weighted by Gasteiger charge is -2.27. The molecule has 6 nitrogen and oxygen atoms in total. The van der Waals surface area contributed by atoms with E-state index >= 15 is 0 Å². The summed E-state index contributed by atoms with van der Waals surface area (Å²) in [6.45, 7) is 10.5. The number of aliphatic hydroxyl groups excluding tert-OH is 2. The minimum Gasteiger partial charge on any atom is -0.390 e. The van der Waals surface area contributed by atoms with E-state index in [1.807, 2.05) is 0 Å². The molecule has 0 saturated carbocycles. The van der Waals surface area contributed by atoms with Crippen LogP contribution < -0.4 is 11.5 Å². The smallest absolute Gasteiger partial charge is 0.0789 e. The second-order valence-electron chi connectivity index (χ2n) is 15.3. The van der Waals surface area contributed by atoms with E-state index < -0.39 is 12.2 Å². The topological polar surface area (TPSA) is 99.0 Å². The molecule has 0 aromatic rings. The summed E-state index contributed by atoms with van der Waals surface area (Å²) in [4.78, 5) is 4.84. The van der Waals surface area contributed by atoms with Gasteiger partial charge in [-0.3, -0.25) is 0 Å². The average molecular weight is 731 g/mol. The third-order valence-corrected chi connectivity index (χ3v) is 10.0. The van der Waals surface area contributed by atoms with Crippen LogP contribution in [-0.4, -0.2) is 84.6 Å². The highest BCUT2D eigenvalue weighted by molar-refractivity contribution is 4.93. The molecule has 0 saturated heterocycles. The molecule has 6 N–H and O–H groups in total. The molecule has 2 atom stereocenters. The molecule has 0 radical (unpaired) electrons. The Bertz CT molecular complexity index is 748. The molecule has 0 aliphatic carbocycles. The van der Waals surface area contributed by atoms with Gasteiger partial charge in [0.05, 0.1) is 12.2 Å². The van der Waals surface area contributed by atoms with E-state index in [0.717, 1.165) is 51.9 Å². The zero-order valence-corrected chi connectivity index (χ0v) is 34.8. The van der Waals surface area contributed by atoms with E-state index in [0.29, 0.717) is 26.2 Å². The number of aliphatic hydroxyl groups is 2. The highest BCUT2D eigenvalue weighted by Crippen LogP contribution is 2.12. The molecular formula is C46H90N4O2. The minimum absolute atomic E-state index is 0.319. The standard InChI is InChI=1S/C46H90N4O2/c1-3-5-7-9-11-13-15-17-19-21-23-25-27-29-31-33-37-49(43-45(51)41-47)39-35-36-40-50(44-46(52)42-48)38-34-32-30-28-26-24-22-20-18-16-14-12-10-8-6-4-2/h11-14,17-20,45-46,51-52H,3-10,15-16,21-44,47-48H2,1-2H3/b13-11-,14-12?,19-17+,20-18+. The highest BCUT2D eigenvalue weighted by Gasteiger charge is 2.13. The molecule has 2 unspecified atom stereocenters. The van der Waals surface area contributed by atoms with Crippen molar-refractivity contribution < 1.29 is 10.2 Å². The molecule has 6 heteroatoms. The number of rotatable bonds is 41. The molecule has 0 spiro atoms. The molecule has 0 aromatic heterocycles. The normalized spacial score (nSPS) is 13.8. The maximum Gasteiger partial charge on any atom is 0.0789 e. The first-order chi connectivity index (χ1) is 25.6. The summed E-state index contributed by atoms with van der Waals surface area (Å²) in [5, 5.41) is 20.5. The molecule has 306 valence electrons. The van der Waals surface area contributed by atoms with Crippen LogP contribution in [0.4, 0.5) is 0 Å². The van der Waals surface area contributed by atoms with Gasteiger partial charge in [-0.1, -0.05) is 140 Å². The third kappa shape index (κ3) is 38.4. The molecule has 0 aromatic carbocycles. The second-order valence-corrected chi connectivity index (χ2v) is 15.3. The Kier molecular flexibility index (Phi) is 41.4. The van der Waals surface area contributed by atoms with Gasteiger partial charge in [0, 0.05) is 26.2 Å². The van der Waals surface area contributed by atoms with E-state index in [4.69, 9.17) is 11.5 Å². The van der Waals surface area contributed by atoms with E-state index in [1.165, 1.54) is 141 Å². The van der Waals surface area contributed by atoms with Crippen LogP contribution in [0.3, 0.4) is 0 Å². The number of hydrogen-bond acceptors (Lipinski definition) is 6. The largest absolute Gasteiger partial charge is 0.390 e. The van der Waals surface area contributed by atoms with Crippen LogP contribution >= 0.6 is 0 Å². The zero-order valence-electron chi connectivity index (χ0n) is 34.8. The van der Waals surface area contributed by atoms with Gasteiger partial charge in [0.1, 0.15) is 0 Å². The lowest BCUT2D eigenvalue weighted by atomic mass is 10.1. The lowest BCUT2D eigenvalue weighted by Crippen LogP contribution is -2.39. The Labute approximate surface area is 324 Å². The molecule has 0 rings (SSSR count). The summed E-state index contributed by atoms with van der Waals surface area (Å²) in [5.74, 6) is 0. The first kappa shape index (κ1) is 50.7. The first-order valence-corrected chi connectivity index (χ1v) is 22.4. The number of allylic oxidation sites excluding steroid dienone is 8. The molecule has 52 heavy (non-hydrogen) atoms. The van der Waals surface area contributed by atoms with Crippen molar-refractivity contribution in [2.75, 3.05) is 52.4 Å². The van der Waals surface area contributed by atoms with Gasteiger partial charge in [0.15, 0.2) is 0 Å². The van der Waals surface area contributed by atoms with Crippen molar-refractivity contribution in [1.29, 1.82) is 0 Å². The van der Waals surface area contributed by atoms with Gasteiger partial charge in [0.2, 0.25) is 0 Å². The number of unbranched alkanes of at least 4 members (excludes halogenated alkanes) is 19. The number of nitrogens with two attached hydrogens (primary N) is 2. The van der Waals surface area contributed by atoms with Gasteiger partial charge >= 0.3 is 0 Å². The van der Waals surface area contributed by atoms with Crippen LogP contribution in [-0.2, 0) is 0 Å².